The zero-order valence-electron chi connectivity index (χ0n) is 14.7. The molecule has 0 amide bonds. The summed E-state index contributed by atoms with van der Waals surface area (Å²) in [5.41, 5.74) is 0. The zero-order chi connectivity index (χ0) is 24.6. The number of carbonyl (C=O) groups excluding carboxylic acids is 1. The minimum Gasteiger partial charge on any atom is -0.466 e. The molecular weight excluding hydrogens is 461 g/mol. The summed E-state index contributed by atoms with van der Waals surface area (Å²) in [6.45, 7) is 0.813. The van der Waals surface area contributed by atoms with Crippen LogP contribution in [0, 0.1) is 23.2 Å². The van der Waals surface area contributed by atoms with E-state index in [4.69, 9.17) is 5.26 Å². The smallest absolute Gasteiger partial charge is 0.460 e. The third-order valence-electron chi connectivity index (χ3n) is 3.78. The molecule has 2 unspecified atom stereocenters. The Bertz CT molecular complexity index is 666. The Labute approximate surface area is 159 Å². The van der Waals surface area contributed by atoms with Gasteiger partial charge in [0.15, 0.2) is 0 Å². The number of ether oxygens (including phenoxy) is 1. The Kier molecular flexibility index (Phi) is 7.75. The first kappa shape index (κ1) is 28.1. The van der Waals surface area contributed by atoms with Gasteiger partial charge in [0.2, 0.25) is 0 Å². The maximum absolute atomic E-state index is 14.1. The molecule has 0 aliphatic heterocycles. The number of hydrogen-bond acceptors (Lipinski definition) is 3. The molecule has 0 saturated heterocycles. The lowest BCUT2D eigenvalue weighted by Gasteiger charge is -2.41. The van der Waals surface area contributed by atoms with E-state index in [1.165, 1.54) is 0 Å². The summed E-state index contributed by atoms with van der Waals surface area (Å²) in [7, 11) is 0. The number of alkyl halides is 13. The van der Waals surface area contributed by atoms with Gasteiger partial charge in [0.25, 0.3) is 0 Å². The molecule has 0 aromatic rings. The summed E-state index contributed by atoms with van der Waals surface area (Å²) in [6.07, 6.45) is -9.23. The van der Waals surface area contributed by atoms with Crippen molar-refractivity contribution in [3.8, 4) is 6.07 Å². The number of rotatable bonds is 9. The van der Waals surface area contributed by atoms with Gasteiger partial charge in [0.1, 0.15) is 5.92 Å². The second-order valence-electron chi connectivity index (χ2n) is 5.99. The van der Waals surface area contributed by atoms with Crippen molar-refractivity contribution in [3.05, 3.63) is 0 Å². The molecule has 0 aliphatic carbocycles. The van der Waals surface area contributed by atoms with Crippen LogP contribution < -0.4 is 0 Å². The van der Waals surface area contributed by atoms with Crippen molar-refractivity contribution in [2.45, 2.75) is 56.1 Å². The lowest BCUT2D eigenvalue weighted by Crippen LogP contribution is -2.71. The first-order valence-corrected chi connectivity index (χ1v) is 7.59. The van der Waals surface area contributed by atoms with Crippen molar-refractivity contribution >= 4 is 5.97 Å². The highest BCUT2D eigenvalue weighted by molar-refractivity contribution is 5.74. The van der Waals surface area contributed by atoms with Crippen molar-refractivity contribution in [3.63, 3.8) is 0 Å². The highest BCUT2D eigenvalue weighted by Gasteiger charge is 2.91. The number of nitriles is 1. The number of esters is 1. The fraction of sp³-hybridized carbons (Fsp3) is 0.857. The first-order valence-electron chi connectivity index (χ1n) is 7.59. The summed E-state index contributed by atoms with van der Waals surface area (Å²) < 4.78 is 175. The fourth-order valence-electron chi connectivity index (χ4n) is 2.04. The average molecular weight is 473 g/mol. The number of nitrogens with zero attached hydrogens (tertiary/aromatic N) is 1. The predicted molar refractivity (Wildman–Crippen MR) is 70.3 cm³/mol. The van der Waals surface area contributed by atoms with Crippen LogP contribution in [0.4, 0.5) is 57.1 Å². The van der Waals surface area contributed by atoms with Gasteiger partial charge in [-0.1, -0.05) is 0 Å². The normalized spacial score (nSPS) is 16.6. The molecule has 3 nitrogen and oxygen atoms in total. The summed E-state index contributed by atoms with van der Waals surface area (Å²) in [5, 5.41) is 8.52. The van der Waals surface area contributed by atoms with Crippen LogP contribution >= 0.6 is 0 Å². The highest BCUT2D eigenvalue weighted by atomic mass is 19.4. The van der Waals surface area contributed by atoms with E-state index in [1.807, 2.05) is 0 Å². The number of hydrogen-bond donors (Lipinski definition) is 0. The number of halogens is 13. The third-order valence-corrected chi connectivity index (χ3v) is 3.78. The summed E-state index contributed by atoms with van der Waals surface area (Å²) >= 11 is 0. The molecule has 30 heavy (non-hydrogen) atoms. The van der Waals surface area contributed by atoms with E-state index in [0.29, 0.717) is 6.92 Å². The van der Waals surface area contributed by atoms with Gasteiger partial charge in [0.05, 0.1) is 12.7 Å². The molecule has 0 aromatic carbocycles. The Morgan fingerprint density at radius 1 is 0.833 bits per heavy atom. The first-order chi connectivity index (χ1) is 13.1. The van der Waals surface area contributed by atoms with Gasteiger partial charge >= 0.3 is 41.8 Å². The second-order valence-corrected chi connectivity index (χ2v) is 5.99. The molecule has 16 heteroatoms. The molecule has 0 spiro atoms. The van der Waals surface area contributed by atoms with Gasteiger partial charge in [-0.3, -0.25) is 4.79 Å². The van der Waals surface area contributed by atoms with E-state index < -0.39 is 66.6 Å². The Hall–Kier alpha value is -1.95. The molecule has 176 valence electrons. The largest absolute Gasteiger partial charge is 0.466 e. The van der Waals surface area contributed by atoms with E-state index in [9.17, 15) is 61.9 Å². The van der Waals surface area contributed by atoms with Crippen molar-refractivity contribution < 1.29 is 66.6 Å². The Balaban J connectivity index is 6.61. The molecule has 0 fully saturated rings. The predicted octanol–water partition coefficient (Wildman–Crippen LogP) is 5.45. The highest BCUT2D eigenvalue weighted by Crippen LogP contribution is 2.61. The van der Waals surface area contributed by atoms with Gasteiger partial charge in [-0.05, 0) is 20.3 Å². The SMILES string of the molecule is CCOC(=O)C(CC(C)C#N)C(F)(F)C(F)(F)C(F)(F)C(F)(F)C(F)(F)C(F)(F)F. The van der Waals surface area contributed by atoms with Gasteiger partial charge in [-0.25, -0.2) is 0 Å². The summed E-state index contributed by atoms with van der Waals surface area (Å²) in [6, 6.07) is 1.14. The lowest BCUT2D eigenvalue weighted by molar-refractivity contribution is -0.442. The van der Waals surface area contributed by atoms with Gasteiger partial charge < -0.3 is 4.74 Å². The van der Waals surface area contributed by atoms with Crippen LogP contribution in [0.1, 0.15) is 20.3 Å². The molecule has 0 heterocycles. The molecule has 0 aliphatic rings. The van der Waals surface area contributed by atoms with Crippen molar-refractivity contribution in [2.75, 3.05) is 6.61 Å². The van der Waals surface area contributed by atoms with Crippen LogP contribution in [-0.4, -0.2) is 48.4 Å². The minimum atomic E-state index is -8.06. The van der Waals surface area contributed by atoms with Crippen LogP contribution in [0.15, 0.2) is 0 Å². The number of carbonyl (C=O) groups is 1. The molecule has 2 atom stereocenters. The Morgan fingerprint density at radius 2 is 1.23 bits per heavy atom. The topological polar surface area (TPSA) is 50.1 Å². The molecule has 0 saturated carbocycles. The van der Waals surface area contributed by atoms with E-state index >= 15 is 0 Å². The summed E-state index contributed by atoms with van der Waals surface area (Å²) in [4.78, 5) is 11.5. The van der Waals surface area contributed by atoms with E-state index in [2.05, 4.69) is 4.74 Å². The molecule has 0 radical (unpaired) electrons. The molecule has 0 rings (SSSR count). The maximum atomic E-state index is 14.1. The minimum absolute atomic E-state index is 0.713. The van der Waals surface area contributed by atoms with Crippen LogP contribution in [-0.2, 0) is 9.53 Å². The van der Waals surface area contributed by atoms with Gasteiger partial charge in [-0.2, -0.15) is 62.3 Å². The third kappa shape index (κ3) is 4.25. The van der Waals surface area contributed by atoms with Crippen molar-refractivity contribution in [1.82, 2.24) is 0 Å². The maximum Gasteiger partial charge on any atom is 0.460 e. The van der Waals surface area contributed by atoms with Gasteiger partial charge in [-0.15, -0.1) is 0 Å². The molecule has 0 bridgehead atoms. The molecule has 0 N–H and O–H groups in total. The van der Waals surface area contributed by atoms with E-state index in [1.54, 1.807) is 0 Å². The summed E-state index contributed by atoms with van der Waals surface area (Å²) in [5.74, 6) is -46.1. The van der Waals surface area contributed by atoms with Crippen LogP contribution in [0.25, 0.3) is 0 Å². The van der Waals surface area contributed by atoms with Crippen LogP contribution in [0.3, 0.4) is 0 Å². The van der Waals surface area contributed by atoms with Crippen molar-refractivity contribution in [2.24, 2.45) is 11.8 Å². The zero-order valence-corrected chi connectivity index (χ0v) is 14.7. The van der Waals surface area contributed by atoms with Gasteiger partial charge in [0, 0.05) is 5.92 Å². The lowest BCUT2D eigenvalue weighted by atomic mass is 9.83. The van der Waals surface area contributed by atoms with E-state index in [-0.39, 0.29) is 0 Å². The second kappa shape index (κ2) is 8.29. The average Bonchev–Trinajstić information content (AvgIpc) is 2.57. The molecule has 0 aromatic heterocycles. The van der Waals surface area contributed by atoms with Crippen molar-refractivity contribution in [1.29, 1.82) is 5.26 Å². The van der Waals surface area contributed by atoms with Crippen LogP contribution in [0.2, 0.25) is 0 Å². The monoisotopic (exact) mass is 473 g/mol. The van der Waals surface area contributed by atoms with Crippen LogP contribution in [0.5, 0.6) is 0 Å². The fourth-order valence-corrected chi connectivity index (χ4v) is 2.04. The van der Waals surface area contributed by atoms with E-state index in [0.717, 1.165) is 13.0 Å². The Morgan fingerprint density at radius 3 is 1.57 bits per heavy atom. The quantitative estimate of drug-likeness (QED) is 0.331. The standard InChI is InChI=1S/C14H12F13NO2/c1-3-30-8(29)7(4-6(2)5-28)9(15,16)10(17,18)11(19,20)12(21,22)13(23,24)14(25,26)27/h6-7H,3-4H2,1-2H3. The molecular formula is C14H12F13NO2.